The van der Waals surface area contributed by atoms with E-state index in [1.165, 1.54) is 24.5 Å². The van der Waals surface area contributed by atoms with E-state index >= 15 is 0 Å². The number of nitrogens with zero attached hydrogens (tertiary/aromatic N) is 1. The number of hydrogen-bond acceptors (Lipinski definition) is 4. The molecule has 2 heterocycles. The second-order valence-electron chi connectivity index (χ2n) is 3.86. The number of cyclic esters (lactones) is 1. The molecule has 0 fully saturated rings. The molecule has 0 atom stereocenters. The van der Waals surface area contributed by atoms with Crippen molar-refractivity contribution in [2.24, 2.45) is 4.99 Å². The summed E-state index contributed by atoms with van der Waals surface area (Å²) in [5.74, 6) is -0.383. The van der Waals surface area contributed by atoms with Gasteiger partial charge in [0.15, 0.2) is 11.5 Å². The second kappa shape index (κ2) is 4.53. The molecule has 3 rings (SSSR count). The Morgan fingerprint density at radius 3 is 2.63 bits per heavy atom. The van der Waals surface area contributed by atoms with Crippen molar-refractivity contribution in [2.75, 3.05) is 0 Å². The molecule has 0 saturated carbocycles. The summed E-state index contributed by atoms with van der Waals surface area (Å²) in [6, 6.07) is 9.04. The summed E-state index contributed by atoms with van der Waals surface area (Å²) in [4.78, 5) is 15.7. The standard InChI is InChI=1S/C14H8FNO3/c15-10-5-3-9(4-6-10)8-11-14(17)19-13(16-11)12-2-1-7-18-12/h1-8H/b11-8+. The molecule has 1 aliphatic rings. The minimum Gasteiger partial charge on any atom is -0.459 e. The zero-order valence-corrected chi connectivity index (χ0v) is 9.67. The maximum Gasteiger partial charge on any atom is 0.363 e. The molecular formula is C14H8FNO3. The van der Waals surface area contributed by atoms with Crippen LogP contribution in [-0.4, -0.2) is 11.9 Å². The Hall–Kier alpha value is -2.69. The molecule has 19 heavy (non-hydrogen) atoms. The number of furan rings is 1. The third-order valence-electron chi connectivity index (χ3n) is 2.53. The average Bonchev–Trinajstić information content (AvgIpc) is 3.03. The summed E-state index contributed by atoms with van der Waals surface area (Å²) in [7, 11) is 0. The van der Waals surface area contributed by atoms with Crippen LogP contribution in [0, 0.1) is 5.82 Å². The van der Waals surface area contributed by atoms with E-state index in [0.717, 1.165) is 0 Å². The quantitative estimate of drug-likeness (QED) is 0.614. The smallest absolute Gasteiger partial charge is 0.363 e. The predicted molar refractivity (Wildman–Crippen MR) is 65.7 cm³/mol. The van der Waals surface area contributed by atoms with Crippen LogP contribution in [-0.2, 0) is 9.53 Å². The van der Waals surface area contributed by atoms with Gasteiger partial charge in [0.25, 0.3) is 5.90 Å². The lowest BCUT2D eigenvalue weighted by molar-refractivity contribution is -0.130. The first-order valence-electron chi connectivity index (χ1n) is 5.54. The first kappa shape index (κ1) is 11.4. The first-order valence-corrected chi connectivity index (χ1v) is 5.54. The Morgan fingerprint density at radius 1 is 1.16 bits per heavy atom. The minimum atomic E-state index is -0.560. The van der Waals surface area contributed by atoms with Crippen molar-refractivity contribution in [1.82, 2.24) is 0 Å². The summed E-state index contributed by atoms with van der Waals surface area (Å²) in [5.41, 5.74) is 0.816. The number of rotatable bonds is 2. The monoisotopic (exact) mass is 257 g/mol. The molecule has 0 aliphatic carbocycles. The van der Waals surface area contributed by atoms with Crippen LogP contribution in [0.15, 0.2) is 57.8 Å². The number of ether oxygens (including phenoxy) is 1. The fraction of sp³-hybridized carbons (Fsp3) is 0. The van der Waals surface area contributed by atoms with Gasteiger partial charge in [-0.15, -0.1) is 0 Å². The van der Waals surface area contributed by atoms with E-state index in [2.05, 4.69) is 4.99 Å². The summed E-state index contributed by atoms with van der Waals surface area (Å²) in [6.07, 6.45) is 2.99. The molecule has 0 radical (unpaired) electrons. The maximum atomic E-state index is 12.8. The normalized spacial score (nSPS) is 16.6. The van der Waals surface area contributed by atoms with Crippen molar-refractivity contribution in [3.05, 3.63) is 65.5 Å². The van der Waals surface area contributed by atoms with Crippen LogP contribution < -0.4 is 0 Å². The van der Waals surface area contributed by atoms with Gasteiger partial charge in [-0.3, -0.25) is 0 Å². The molecule has 0 spiro atoms. The van der Waals surface area contributed by atoms with Crippen LogP contribution in [0.5, 0.6) is 0 Å². The van der Waals surface area contributed by atoms with Crippen LogP contribution in [0.4, 0.5) is 4.39 Å². The zero-order valence-electron chi connectivity index (χ0n) is 9.67. The summed E-state index contributed by atoms with van der Waals surface area (Å²) < 4.78 is 22.9. The molecule has 2 aromatic rings. The Balaban J connectivity index is 1.92. The Bertz CT molecular complexity index is 669. The first-order chi connectivity index (χ1) is 9.22. The summed E-state index contributed by atoms with van der Waals surface area (Å²) in [6.45, 7) is 0. The van der Waals surface area contributed by atoms with Gasteiger partial charge in [0, 0.05) is 0 Å². The lowest BCUT2D eigenvalue weighted by atomic mass is 10.2. The topological polar surface area (TPSA) is 51.8 Å². The fourth-order valence-corrected chi connectivity index (χ4v) is 1.63. The number of esters is 1. The molecule has 0 N–H and O–H groups in total. The predicted octanol–water partition coefficient (Wildman–Crippen LogP) is 2.76. The molecule has 1 aromatic carbocycles. The minimum absolute atomic E-state index is 0.128. The lowest BCUT2D eigenvalue weighted by Crippen LogP contribution is -2.04. The maximum absolute atomic E-state index is 12.8. The fourth-order valence-electron chi connectivity index (χ4n) is 1.63. The van der Waals surface area contributed by atoms with Gasteiger partial charge in [-0.2, -0.15) is 0 Å². The van der Waals surface area contributed by atoms with Crippen LogP contribution in [0.3, 0.4) is 0 Å². The molecule has 5 heteroatoms. The summed E-state index contributed by atoms with van der Waals surface area (Å²) in [5, 5.41) is 0. The van der Waals surface area contributed by atoms with Gasteiger partial charge in [0.05, 0.1) is 6.26 Å². The van der Waals surface area contributed by atoms with E-state index in [1.54, 1.807) is 24.3 Å². The average molecular weight is 257 g/mol. The number of halogens is 1. The van der Waals surface area contributed by atoms with Gasteiger partial charge < -0.3 is 9.15 Å². The molecule has 4 nitrogen and oxygen atoms in total. The molecule has 0 saturated heterocycles. The highest BCUT2D eigenvalue weighted by Crippen LogP contribution is 2.19. The van der Waals surface area contributed by atoms with Gasteiger partial charge in [-0.05, 0) is 35.9 Å². The Labute approximate surface area is 107 Å². The van der Waals surface area contributed by atoms with Gasteiger partial charge in [0.1, 0.15) is 5.82 Å². The third-order valence-corrected chi connectivity index (χ3v) is 2.53. The number of carbonyl (C=O) groups excluding carboxylic acids is 1. The van der Waals surface area contributed by atoms with Crippen molar-refractivity contribution in [1.29, 1.82) is 0 Å². The van der Waals surface area contributed by atoms with Crippen LogP contribution >= 0.6 is 0 Å². The van der Waals surface area contributed by atoms with Gasteiger partial charge in [-0.25, -0.2) is 14.2 Å². The van der Waals surface area contributed by atoms with E-state index in [0.29, 0.717) is 11.3 Å². The van der Waals surface area contributed by atoms with E-state index < -0.39 is 5.97 Å². The highest BCUT2D eigenvalue weighted by molar-refractivity contribution is 6.11. The van der Waals surface area contributed by atoms with Crippen molar-refractivity contribution in [2.45, 2.75) is 0 Å². The number of carbonyl (C=O) groups is 1. The van der Waals surface area contributed by atoms with Gasteiger partial charge >= 0.3 is 5.97 Å². The molecule has 0 unspecified atom stereocenters. The van der Waals surface area contributed by atoms with Crippen molar-refractivity contribution < 1.29 is 18.3 Å². The van der Waals surface area contributed by atoms with Gasteiger partial charge in [0.2, 0.25) is 0 Å². The van der Waals surface area contributed by atoms with E-state index in [4.69, 9.17) is 9.15 Å². The Morgan fingerprint density at radius 2 is 1.95 bits per heavy atom. The van der Waals surface area contributed by atoms with Crippen LogP contribution in [0.1, 0.15) is 11.3 Å². The lowest BCUT2D eigenvalue weighted by Gasteiger charge is -1.93. The third kappa shape index (κ3) is 2.30. The second-order valence-corrected chi connectivity index (χ2v) is 3.86. The number of hydrogen-bond donors (Lipinski definition) is 0. The largest absolute Gasteiger partial charge is 0.459 e. The molecule has 94 valence electrons. The van der Waals surface area contributed by atoms with E-state index in [1.807, 2.05) is 0 Å². The van der Waals surface area contributed by atoms with Crippen molar-refractivity contribution >= 4 is 17.9 Å². The zero-order chi connectivity index (χ0) is 13.2. The SMILES string of the molecule is O=C1OC(c2ccco2)=N/C1=C/c1ccc(F)cc1. The highest BCUT2D eigenvalue weighted by atomic mass is 19.1. The molecule has 1 aliphatic heterocycles. The molecule has 0 bridgehead atoms. The highest BCUT2D eigenvalue weighted by Gasteiger charge is 2.25. The molecular weight excluding hydrogens is 249 g/mol. The van der Waals surface area contributed by atoms with E-state index in [9.17, 15) is 9.18 Å². The van der Waals surface area contributed by atoms with Gasteiger partial charge in [-0.1, -0.05) is 12.1 Å². The molecule has 0 amide bonds. The molecule has 1 aromatic heterocycles. The van der Waals surface area contributed by atoms with E-state index in [-0.39, 0.29) is 17.4 Å². The number of aliphatic imine (C=N–C) groups is 1. The number of benzene rings is 1. The summed E-state index contributed by atoms with van der Waals surface area (Å²) >= 11 is 0. The van der Waals surface area contributed by atoms with Crippen LogP contribution in [0.25, 0.3) is 6.08 Å². The Kier molecular flexibility index (Phi) is 2.72. The van der Waals surface area contributed by atoms with Crippen molar-refractivity contribution in [3.8, 4) is 0 Å². The van der Waals surface area contributed by atoms with Crippen LogP contribution in [0.2, 0.25) is 0 Å². The van der Waals surface area contributed by atoms with Crippen molar-refractivity contribution in [3.63, 3.8) is 0 Å².